The van der Waals surface area contributed by atoms with Crippen LogP contribution in [0.4, 0.5) is 10.1 Å². The molecule has 0 saturated carbocycles. The van der Waals surface area contributed by atoms with Gasteiger partial charge in [-0.05, 0) is 60.5 Å². The molecule has 0 N–H and O–H groups in total. The van der Waals surface area contributed by atoms with Crippen LogP contribution in [0.1, 0.15) is 18.1 Å². The predicted molar refractivity (Wildman–Crippen MR) is 117 cm³/mol. The Morgan fingerprint density at radius 2 is 1.87 bits per heavy atom. The standard InChI is InChI=1S/C24H18ClFN2O2/c1-16-21(24(29)28(27-16)20-8-3-2-4-9-20)13-17-10-11-23(22(25)14-17)30-15-18-6-5-7-19(26)12-18/h2-14H,15H2,1H3/b21-13+. The maximum atomic E-state index is 13.3. The van der Waals surface area contributed by atoms with Crippen molar-refractivity contribution >= 4 is 35.0 Å². The molecule has 0 unspecified atom stereocenters. The fraction of sp³-hybridized carbons (Fsp3) is 0.0833. The number of hydrogen-bond donors (Lipinski definition) is 0. The van der Waals surface area contributed by atoms with Gasteiger partial charge in [0.25, 0.3) is 5.91 Å². The smallest absolute Gasteiger partial charge is 0.280 e. The molecule has 0 bridgehead atoms. The summed E-state index contributed by atoms with van der Waals surface area (Å²) in [6, 6.07) is 20.7. The average Bonchev–Trinajstić information content (AvgIpc) is 3.02. The number of halogens is 2. The highest BCUT2D eigenvalue weighted by Crippen LogP contribution is 2.29. The minimum absolute atomic E-state index is 0.193. The van der Waals surface area contributed by atoms with Crippen molar-refractivity contribution in [1.82, 2.24) is 0 Å². The third kappa shape index (κ3) is 4.26. The number of anilines is 1. The topological polar surface area (TPSA) is 41.9 Å². The van der Waals surface area contributed by atoms with Crippen LogP contribution in [0.15, 0.2) is 83.5 Å². The number of benzene rings is 3. The number of rotatable bonds is 5. The van der Waals surface area contributed by atoms with Gasteiger partial charge in [0.05, 0.1) is 22.0 Å². The highest BCUT2D eigenvalue weighted by atomic mass is 35.5. The summed E-state index contributed by atoms with van der Waals surface area (Å²) < 4.78 is 19.0. The molecule has 0 fully saturated rings. The number of ether oxygens (including phenoxy) is 1. The summed E-state index contributed by atoms with van der Waals surface area (Å²) in [5.74, 6) is -0.0228. The number of amides is 1. The van der Waals surface area contributed by atoms with Crippen molar-refractivity contribution in [2.45, 2.75) is 13.5 Å². The van der Waals surface area contributed by atoms with Crippen LogP contribution in [0.2, 0.25) is 5.02 Å². The normalized spacial score (nSPS) is 14.9. The number of carbonyl (C=O) groups excluding carboxylic acids is 1. The molecule has 0 atom stereocenters. The van der Waals surface area contributed by atoms with Crippen molar-refractivity contribution in [3.05, 3.63) is 100 Å². The Morgan fingerprint density at radius 1 is 1.07 bits per heavy atom. The van der Waals surface area contributed by atoms with E-state index in [-0.39, 0.29) is 18.3 Å². The molecule has 6 heteroatoms. The van der Waals surface area contributed by atoms with Gasteiger partial charge < -0.3 is 4.74 Å². The van der Waals surface area contributed by atoms with Gasteiger partial charge in [0, 0.05) is 0 Å². The molecule has 0 radical (unpaired) electrons. The lowest BCUT2D eigenvalue weighted by Crippen LogP contribution is -2.21. The lowest BCUT2D eigenvalue weighted by Gasteiger charge is -2.11. The van der Waals surface area contributed by atoms with E-state index in [1.54, 1.807) is 37.3 Å². The Morgan fingerprint density at radius 3 is 2.60 bits per heavy atom. The second-order valence-corrected chi connectivity index (χ2v) is 7.21. The molecular weight excluding hydrogens is 403 g/mol. The molecule has 0 aliphatic carbocycles. The highest BCUT2D eigenvalue weighted by molar-refractivity contribution is 6.33. The van der Waals surface area contributed by atoms with Crippen LogP contribution < -0.4 is 9.75 Å². The van der Waals surface area contributed by atoms with Gasteiger partial charge in [-0.3, -0.25) is 4.79 Å². The first-order chi connectivity index (χ1) is 14.5. The lowest BCUT2D eigenvalue weighted by molar-refractivity contribution is -0.114. The predicted octanol–water partition coefficient (Wildman–Crippen LogP) is 5.86. The summed E-state index contributed by atoms with van der Waals surface area (Å²) in [5.41, 5.74) is 3.31. The Labute approximate surface area is 178 Å². The summed E-state index contributed by atoms with van der Waals surface area (Å²) in [4.78, 5) is 12.8. The zero-order valence-electron chi connectivity index (χ0n) is 16.2. The molecule has 4 nitrogen and oxygen atoms in total. The molecule has 0 spiro atoms. The van der Waals surface area contributed by atoms with Crippen molar-refractivity contribution in [2.75, 3.05) is 5.01 Å². The maximum Gasteiger partial charge on any atom is 0.280 e. The Bertz CT molecular complexity index is 1160. The van der Waals surface area contributed by atoms with Gasteiger partial charge in [0.15, 0.2) is 0 Å². The summed E-state index contributed by atoms with van der Waals surface area (Å²) in [6.45, 7) is 2.00. The first-order valence-electron chi connectivity index (χ1n) is 9.35. The van der Waals surface area contributed by atoms with Crippen molar-refractivity contribution in [2.24, 2.45) is 5.10 Å². The van der Waals surface area contributed by atoms with E-state index >= 15 is 0 Å². The SMILES string of the molecule is CC1=NN(c2ccccc2)C(=O)/C1=C/c1ccc(OCc2cccc(F)c2)c(Cl)c1. The largest absolute Gasteiger partial charge is 0.487 e. The molecule has 1 aliphatic rings. The fourth-order valence-electron chi connectivity index (χ4n) is 3.11. The monoisotopic (exact) mass is 420 g/mol. The van der Waals surface area contributed by atoms with E-state index in [0.717, 1.165) is 5.56 Å². The first kappa shape index (κ1) is 19.9. The number of hydrogen-bond acceptors (Lipinski definition) is 3. The van der Waals surface area contributed by atoms with Crippen LogP contribution >= 0.6 is 11.6 Å². The highest BCUT2D eigenvalue weighted by Gasteiger charge is 2.28. The lowest BCUT2D eigenvalue weighted by atomic mass is 10.1. The van der Waals surface area contributed by atoms with E-state index in [1.807, 2.05) is 36.4 Å². The molecule has 0 saturated heterocycles. The number of carbonyl (C=O) groups is 1. The van der Waals surface area contributed by atoms with Crippen LogP contribution in [0.3, 0.4) is 0 Å². The third-order valence-electron chi connectivity index (χ3n) is 4.61. The van der Waals surface area contributed by atoms with Crippen molar-refractivity contribution in [3.8, 4) is 5.75 Å². The van der Waals surface area contributed by atoms with Gasteiger partial charge in [-0.15, -0.1) is 0 Å². The van der Waals surface area contributed by atoms with Gasteiger partial charge in [0.1, 0.15) is 18.2 Å². The summed E-state index contributed by atoms with van der Waals surface area (Å²) in [5, 5.41) is 6.16. The molecule has 1 aliphatic heterocycles. The third-order valence-corrected chi connectivity index (χ3v) is 4.91. The van der Waals surface area contributed by atoms with Gasteiger partial charge in [0.2, 0.25) is 0 Å². The summed E-state index contributed by atoms with van der Waals surface area (Å²) >= 11 is 6.36. The van der Waals surface area contributed by atoms with Crippen LogP contribution in [-0.2, 0) is 11.4 Å². The molecule has 1 heterocycles. The first-order valence-corrected chi connectivity index (χ1v) is 9.72. The minimum atomic E-state index is -0.313. The van der Waals surface area contributed by atoms with Gasteiger partial charge in [-0.2, -0.15) is 10.1 Å². The van der Waals surface area contributed by atoms with Crippen molar-refractivity contribution < 1.29 is 13.9 Å². The fourth-order valence-corrected chi connectivity index (χ4v) is 3.35. The molecule has 3 aromatic carbocycles. The Kier molecular flexibility index (Phi) is 5.63. The zero-order valence-corrected chi connectivity index (χ0v) is 16.9. The van der Waals surface area contributed by atoms with E-state index in [2.05, 4.69) is 5.10 Å². The van der Waals surface area contributed by atoms with Crippen molar-refractivity contribution in [3.63, 3.8) is 0 Å². The summed E-state index contributed by atoms with van der Waals surface area (Å²) in [6.07, 6.45) is 1.76. The minimum Gasteiger partial charge on any atom is -0.487 e. The Balaban J connectivity index is 1.51. The molecule has 4 rings (SSSR count). The quantitative estimate of drug-likeness (QED) is 0.485. The molecule has 30 heavy (non-hydrogen) atoms. The van der Waals surface area contributed by atoms with E-state index < -0.39 is 0 Å². The molecular formula is C24H18ClFN2O2. The summed E-state index contributed by atoms with van der Waals surface area (Å²) in [7, 11) is 0. The van der Waals surface area contributed by atoms with E-state index in [4.69, 9.17) is 16.3 Å². The van der Waals surface area contributed by atoms with Crippen LogP contribution in [0.25, 0.3) is 6.08 Å². The molecule has 3 aromatic rings. The number of hydrazone groups is 1. The van der Waals surface area contributed by atoms with Crippen LogP contribution in [-0.4, -0.2) is 11.6 Å². The average molecular weight is 421 g/mol. The van der Waals surface area contributed by atoms with E-state index in [0.29, 0.717) is 33.3 Å². The molecule has 150 valence electrons. The van der Waals surface area contributed by atoms with E-state index in [9.17, 15) is 9.18 Å². The van der Waals surface area contributed by atoms with Gasteiger partial charge in [-0.1, -0.05) is 48.0 Å². The number of para-hydroxylation sites is 1. The molecule has 1 amide bonds. The van der Waals surface area contributed by atoms with Gasteiger partial charge >= 0.3 is 0 Å². The van der Waals surface area contributed by atoms with E-state index in [1.165, 1.54) is 17.1 Å². The second-order valence-electron chi connectivity index (χ2n) is 6.80. The zero-order chi connectivity index (χ0) is 21.1. The second kappa shape index (κ2) is 8.51. The number of nitrogens with zero attached hydrogens (tertiary/aromatic N) is 2. The van der Waals surface area contributed by atoms with Gasteiger partial charge in [-0.25, -0.2) is 4.39 Å². The Hall–Kier alpha value is -3.44. The maximum absolute atomic E-state index is 13.3. The van der Waals surface area contributed by atoms with Crippen LogP contribution in [0, 0.1) is 5.82 Å². The van der Waals surface area contributed by atoms with Crippen LogP contribution in [0.5, 0.6) is 5.75 Å². The molecule has 0 aromatic heterocycles. The van der Waals surface area contributed by atoms with Crippen molar-refractivity contribution in [1.29, 1.82) is 0 Å².